The summed E-state index contributed by atoms with van der Waals surface area (Å²) < 4.78 is 1.91. The van der Waals surface area contributed by atoms with Gasteiger partial charge in [0.25, 0.3) is 0 Å². The Morgan fingerprint density at radius 2 is 1.96 bits per heavy atom. The largest absolute Gasteiger partial charge is 0.323 e. The fourth-order valence-corrected chi connectivity index (χ4v) is 3.82. The van der Waals surface area contributed by atoms with E-state index in [1.165, 1.54) is 5.56 Å². The van der Waals surface area contributed by atoms with Crippen molar-refractivity contribution in [2.45, 2.75) is 32.7 Å². The van der Waals surface area contributed by atoms with Crippen molar-refractivity contribution in [3.05, 3.63) is 82.1 Å². The summed E-state index contributed by atoms with van der Waals surface area (Å²) in [6.07, 6.45) is 0.907. The first-order valence-corrected chi connectivity index (χ1v) is 9.55. The fourth-order valence-electron chi connectivity index (χ4n) is 3.61. The van der Waals surface area contributed by atoms with E-state index < -0.39 is 0 Å². The highest BCUT2D eigenvalue weighted by Gasteiger charge is 2.44. The third kappa shape index (κ3) is 3.76. The van der Waals surface area contributed by atoms with E-state index in [2.05, 4.69) is 22.5 Å². The van der Waals surface area contributed by atoms with Crippen LogP contribution in [0, 0.1) is 19.8 Å². The maximum absolute atomic E-state index is 12.7. The summed E-state index contributed by atoms with van der Waals surface area (Å²) in [5, 5.41) is 8.42. The molecule has 4 nitrogen and oxygen atoms in total. The Morgan fingerprint density at radius 1 is 1.19 bits per heavy atom. The molecule has 138 valence electrons. The first-order valence-electron chi connectivity index (χ1n) is 9.17. The summed E-state index contributed by atoms with van der Waals surface area (Å²) in [4.78, 5) is 12.7. The second-order valence-electron chi connectivity index (χ2n) is 7.18. The third-order valence-electron chi connectivity index (χ3n) is 5.21. The molecule has 4 rings (SSSR count). The van der Waals surface area contributed by atoms with Gasteiger partial charge in [-0.2, -0.15) is 5.10 Å². The Kier molecular flexibility index (Phi) is 4.75. The molecule has 3 aromatic rings. The molecule has 1 N–H and O–H groups in total. The van der Waals surface area contributed by atoms with Crippen molar-refractivity contribution < 1.29 is 4.79 Å². The lowest BCUT2D eigenvalue weighted by Crippen LogP contribution is -2.16. The van der Waals surface area contributed by atoms with Gasteiger partial charge in [-0.15, -0.1) is 0 Å². The summed E-state index contributed by atoms with van der Waals surface area (Å²) >= 11 is 6.08. The lowest BCUT2D eigenvalue weighted by Gasteiger charge is -2.08. The topological polar surface area (TPSA) is 46.9 Å². The molecule has 1 saturated carbocycles. The molecular weight excluding hydrogens is 358 g/mol. The van der Waals surface area contributed by atoms with Gasteiger partial charge in [-0.1, -0.05) is 54.1 Å². The van der Waals surface area contributed by atoms with Crippen LogP contribution in [0.4, 0.5) is 5.69 Å². The Labute approximate surface area is 164 Å². The molecule has 27 heavy (non-hydrogen) atoms. The van der Waals surface area contributed by atoms with Crippen LogP contribution < -0.4 is 5.32 Å². The number of hydrogen-bond acceptors (Lipinski definition) is 2. The van der Waals surface area contributed by atoms with Crippen molar-refractivity contribution in [2.24, 2.45) is 5.92 Å². The number of aromatic nitrogens is 2. The molecule has 0 saturated heterocycles. The SMILES string of the molecule is Cc1nn(Cc2cccc(Cl)c2)c(C)c1NC(=O)C1CC1c1ccccc1. The quantitative estimate of drug-likeness (QED) is 0.682. The first kappa shape index (κ1) is 17.8. The van der Waals surface area contributed by atoms with Crippen LogP contribution in [0.15, 0.2) is 54.6 Å². The van der Waals surface area contributed by atoms with Gasteiger partial charge >= 0.3 is 0 Å². The Hall–Kier alpha value is -2.59. The number of carbonyl (C=O) groups excluding carboxylic acids is 1. The molecule has 1 fully saturated rings. The summed E-state index contributed by atoms with van der Waals surface area (Å²) in [5.41, 5.74) is 4.93. The summed E-state index contributed by atoms with van der Waals surface area (Å²) in [6, 6.07) is 18.0. The molecule has 5 heteroatoms. The molecule has 0 bridgehead atoms. The second kappa shape index (κ2) is 7.20. The molecule has 1 aromatic heterocycles. The number of nitrogens with one attached hydrogen (secondary N) is 1. The lowest BCUT2D eigenvalue weighted by molar-refractivity contribution is -0.117. The van der Waals surface area contributed by atoms with Gasteiger partial charge in [0.05, 0.1) is 23.6 Å². The van der Waals surface area contributed by atoms with Crippen molar-refractivity contribution in [2.75, 3.05) is 5.32 Å². The predicted octanol–water partition coefficient (Wildman–Crippen LogP) is 4.94. The van der Waals surface area contributed by atoms with E-state index >= 15 is 0 Å². The van der Waals surface area contributed by atoms with Gasteiger partial charge < -0.3 is 5.32 Å². The predicted molar refractivity (Wildman–Crippen MR) is 108 cm³/mol. The normalized spacial score (nSPS) is 18.3. The van der Waals surface area contributed by atoms with Crippen LogP contribution in [0.25, 0.3) is 0 Å². The maximum Gasteiger partial charge on any atom is 0.228 e. The van der Waals surface area contributed by atoms with Crippen molar-refractivity contribution in [3.63, 3.8) is 0 Å². The number of nitrogens with zero attached hydrogens (tertiary/aromatic N) is 2. The average Bonchev–Trinajstić information content (AvgIpc) is 3.42. The highest BCUT2D eigenvalue weighted by molar-refractivity contribution is 6.30. The van der Waals surface area contributed by atoms with Crippen molar-refractivity contribution in [1.82, 2.24) is 9.78 Å². The Morgan fingerprint density at radius 3 is 2.70 bits per heavy atom. The minimum absolute atomic E-state index is 0.0440. The lowest BCUT2D eigenvalue weighted by atomic mass is 10.1. The van der Waals surface area contributed by atoms with E-state index in [0.717, 1.165) is 29.1 Å². The van der Waals surface area contributed by atoms with Crippen molar-refractivity contribution in [3.8, 4) is 0 Å². The zero-order chi connectivity index (χ0) is 19.0. The van der Waals surface area contributed by atoms with Gasteiger partial charge in [-0.25, -0.2) is 0 Å². The summed E-state index contributed by atoms with van der Waals surface area (Å²) in [5.74, 6) is 0.452. The molecule has 1 amide bonds. The number of rotatable bonds is 5. The standard InChI is InChI=1S/C22H22ClN3O/c1-14-21(15(2)26(25-14)13-16-7-6-10-18(23)11-16)24-22(27)20-12-19(20)17-8-4-3-5-9-17/h3-11,19-20H,12-13H2,1-2H3,(H,24,27). The molecule has 0 spiro atoms. The Balaban J connectivity index is 1.47. The van der Waals surface area contributed by atoms with E-state index in [4.69, 9.17) is 11.6 Å². The zero-order valence-electron chi connectivity index (χ0n) is 15.4. The molecule has 1 aliphatic rings. The van der Waals surface area contributed by atoms with Gasteiger partial charge in [0.2, 0.25) is 5.91 Å². The maximum atomic E-state index is 12.7. The van der Waals surface area contributed by atoms with E-state index in [1.54, 1.807) is 0 Å². The monoisotopic (exact) mass is 379 g/mol. The van der Waals surface area contributed by atoms with E-state index in [0.29, 0.717) is 17.5 Å². The van der Waals surface area contributed by atoms with E-state index in [1.807, 2.05) is 61.0 Å². The number of aryl methyl sites for hydroxylation is 1. The van der Waals surface area contributed by atoms with Crippen LogP contribution in [0.5, 0.6) is 0 Å². The van der Waals surface area contributed by atoms with Crippen LogP contribution >= 0.6 is 11.6 Å². The molecular formula is C22H22ClN3O. The van der Waals surface area contributed by atoms with Crippen molar-refractivity contribution >= 4 is 23.2 Å². The molecule has 1 heterocycles. The number of halogens is 1. The molecule has 1 aliphatic carbocycles. The molecule has 2 aromatic carbocycles. The number of carbonyl (C=O) groups is 1. The van der Waals surface area contributed by atoms with Crippen LogP contribution in [0.2, 0.25) is 5.02 Å². The van der Waals surface area contributed by atoms with Crippen LogP contribution in [0.1, 0.15) is 34.9 Å². The fraction of sp³-hybridized carbons (Fsp3) is 0.273. The summed E-state index contributed by atoms with van der Waals surface area (Å²) in [6.45, 7) is 4.54. The molecule has 2 atom stereocenters. The van der Waals surface area contributed by atoms with Gasteiger partial charge in [0, 0.05) is 10.9 Å². The second-order valence-corrected chi connectivity index (χ2v) is 7.62. The highest BCUT2D eigenvalue weighted by Crippen LogP contribution is 2.48. The summed E-state index contributed by atoms with van der Waals surface area (Å²) in [7, 11) is 0. The minimum atomic E-state index is 0.0440. The van der Waals surface area contributed by atoms with Gasteiger partial charge in [-0.3, -0.25) is 9.48 Å². The van der Waals surface area contributed by atoms with Gasteiger partial charge in [0.1, 0.15) is 0 Å². The average molecular weight is 380 g/mol. The first-order chi connectivity index (χ1) is 13.0. The van der Waals surface area contributed by atoms with E-state index in [-0.39, 0.29) is 11.8 Å². The van der Waals surface area contributed by atoms with Crippen molar-refractivity contribution in [1.29, 1.82) is 0 Å². The van der Waals surface area contributed by atoms with Crippen LogP contribution in [-0.4, -0.2) is 15.7 Å². The Bertz CT molecular complexity index is 980. The highest BCUT2D eigenvalue weighted by atomic mass is 35.5. The van der Waals surface area contributed by atoms with Gasteiger partial charge in [-0.05, 0) is 49.4 Å². The minimum Gasteiger partial charge on any atom is -0.323 e. The van der Waals surface area contributed by atoms with Gasteiger partial charge in [0.15, 0.2) is 0 Å². The molecule has 2 unspecified atom stereocenters. The number of benzene rings is 2. The smallest absolute Gasteiger partial charge is 0.228 e. The molecule has 0 aliphatic heterocycles. The molecule has 0 radical (unpaired) electrons. The number of anilines is 1. The number of amides is 1. The van der Waals surface area contributed by atoms with Crippen LogP contribution in [-0.2, 0) is 11.3 Å². The zero-order valence-corrected chi connectivity index (χ0v) is 16.2. The van der Waals surface area contributed by atoms with E-state index in [9.17, 15) is 4.79 Å². The number of hydrogen-bond donors (Lipinski definition) is 1. The third-order valence-corrected chi connectivity index (χ3v) is 5.44. The van der Waals surface area contributed by atoms with Crippen LogP contribution in [0.3, 0.4) is 0 Å².